The second kappa shape index (κ2) is 3.98. The van der Waals surface area contributed by atoms with E-state index in [4.69, 9.17) is 9.84 Å². The summed E-state index contributed by atoms with van der Waals surface area (Å²) in [6.07, 6.45) is 1.10. The van der Waals surface area contributed by atoms with E-state index in [2.05, 4.69) is 0 Å². The van der Waals surface area contributed by atoms with E-state index >= 15 is 0 Å². The van der Waals surface area contributed by atoms with Gasteiger partial charge in [-0.1, -0.05) is 12.1 Å². The minimum Gasteiger partial charge on any atom is -0.495 e. The number of hydrogen-bond acceptors (Lipinski definition) is 4. The molecule has 0 saturated heterocycles. The molecule has 0 fully saturated rings. The van der Waals surface area contributed by atoms with Crippen LogP contribution in [0.15, 0.2) is 23.1 Å². The summed E-state index contributed by atoms with van der Waals surface area (Å²) in [7, 11) is -1.94. The van der Waals surface area contributed by atoms with Crippen LogP contribution in [0.4, 0.5) is 0 Å². The van der Waals surface area contributed by atoms with Crippen molar-refractivity contribution in [3.05, 3.63) is 23.8 Å². The Labute approximate surface area is 83.1 Å². The fourth-order valence-corrected chi connectivity index (χ4v) is 2.09. The van der Waals surface area contributed by atoms with E-state index in [1.807, 2.05) is 0 Å². The van der Waals surface area contributed by atoms with Gasteiger partial charge in [0.15, 0.2) is 9.84 Å². The molecule has 5 heteroatoms. The van der Waals surface area contributed by atoms with Crippen LogP contribution in [0.1, 0.15) is 5.56 Å². The molecule has 0 bridgehead atoms. The van der Waals surface area contributed by atoms with Gasteiger partial charge in [-0.2, -0.15) is 0 Å². The number of rotatable bonds is 3. The van der Waals surface area contributed by atoms with Crippen molar-refractivity contribution in [2.24, 2.45) is 0 Å². The molecule has 0 aliphatic rings. The number of ether oxygens (including phenoxy) is 1. The SMILES string of the molecule is COc1c(CO)cccc1S(C)(=O)=O. The molecule has 0 aliphatic heterocycles. The lowest BCUT2D eigenvalue weighted by Crippen LogP contribution is -2.03. The predicted octanol–water partition coefficient (Wildman–Crippen LogP) is 0.591. The Morgan fingerprint density at radius 1 is 1.43 bits per heavy atom. The summed E-state index contributed by atoms with van der Waals surface area (Å²) in [6.45, 7) is -0.244. The van der Waals surface area contributed by atoms with Crippen LogP contribution in [0.5, 0.6) is 5.75 Å². The summed E-state index contributed by atoms with van der Waals surface area (Å²) in [4.78, 5) is 0.103. The molecule has 0 spiro atoms. The Balaban J connectivity index is 3.45. The van der Waals surface area contributed by atoms with Crippen LogP contribution in [0.2, 0.25) is 0 Å². The highest BCUT2D eigenvalue weighted by Gasteiger charge is 2.16. The van der Waals surface area contributed by atoms with Gasteiger partial charge in [0.2, 0.25) is 0 Å². The molecule has 0 amide bonds. The van der Waals surface area contributed by atoms with Crippen LogP contribution in [0, 0.1) is 0 Å². The number of aliphatic hydroxyl groups excluding tert-OH is 1. The Morgan fingerprint density at radius 2 is 2.07 bits per heavy atom. The van der Waals surface area contributed by atoms with E-state index in [1.54, 1.807) is 12.1 Å². The molecule has 0 aromatic heterocycles. The summed E-state index contributed by atoms with van der Waals surface area (Å²) in [5, 5.41) is 8.96. The molecular formula is C9H12O4S. The largest absolute Gasteiger partial charge is 0.495 e. The molecule has 0 unspecified atom stereocenters. The minimum atomic E-state index is -3.31. The van der Waals surface area contributed by atoms with Crippen LogP contribution in [0.3, 0.4) is 0 Å². The summed E-state index contributed by atoms with van der Waals surface area (Å²) in [6, 6.07) is 4.64. The highest BCUT2D eigenvalue weighted by Crippen LogP contribution is 2.27. The number of benzene rings is 1. The van der Waals surface area contributed by atoms with E-state index < -0.39 is 9.84 Å². The van der Waals surface area contributed by atoms with Crippen molar-refractivity contribution in [2.75, 3.05) is 13.4 Å². The Bertz CT molecular complexity index is 422. The highest BCUT2D eigenvalue weighted by atomic mass is 32.2. The first kappa shape index (κ1) is 11.0. The summed E-state index contributed by atoms with van der Waals surface area (Å²) in [5.74, 6) is 0.220. The van der Waals surface area contributed by atoms with E-state index in [1.165, 1.54) is 13.2 Å². The van der Waals surface area contributed by atoms with Crippen molar-refractivity contribution in [3.63, 3.8) is 0 Å². The van der Waals surface area contributed by atoms with Gasteiger partial charge in [0.1, 0.15) is 10.6 Å². The highest BCUT2D eigenvalue weighted by molar-refractivity contribution is 7.90. The third-order valence-electron chi connectivity index (χ3n) is 1.83. The van der Waals surface area contributed by atoms with Gasteiger partial charge < -0.3 is 9.84 Å². The lowest BCUT2D eigenvalue weighted by Gasteiger charge is -2.10. The molecule has 1 rings (SSSR count). The molecule has 1 aromatic carbocycles. The lowest BCUT2D eigenvalue weighted by molar-refractivity contribution is 0.272. The van der Waals surface area contributed by atoms with Gasteiger partial charge in [0, 0.05) is 11.8 Å². The average molecular weight is 216 g/mol. The zero-order valence-corrected chi connectivity index (χ0v) is 8.84. The average Bonchev–Trinajstić information content (AvgIpc) is 2.15. The fourth-order valence-electron chi connectivity index (χ4n) is 1.21. The smallest absolute Gasteiger partial charge is 0.179 e. The van der Waals surface area contributed by atoms with Gasteiger partial charge in [0.25, 0.3) is 0 Å². The maximum atomic E-state index is 11.3. The molecule has 1 aromatic rings. The Morgan fingerprint density at radius 3 is 2.50 bits per heavy atom. The van der Waals surface area contributed by atoms with E-state index in [-0.39, 0.29) is 17.3 Å². The van der Waals surface area contributed by atoms with E-state index in [0.717, 1.165) is 6.26 Å². The Kier molecular flexibility index (Phi) is 3.13. The molecule has 4 nitrogen and oxygen atoms in total. The van der Waals surface area contributed by atoms with Gasteiger partial charge in [-0.05, 0) is 6.07 Å². The molecular weight excluding hydrogens is 204 g/mol. The number of para-hydroxylation sites is 1. The van der Waals surface area contributed by atoms with Gasteiger partial charge in [0.05, 0.1) is 13.7 Å². The number of sulfone groups is 1. The first-order valence-corrected chi connectivity index (χ1v) is 5.86. The molecule has 1 N–H and O–H groups in total. The van der Waals surface area contributed by atoms with E-state index in [9.17, 15) is 8.42 Å². The van der Waals surface area contributed by atoms with Gasteiger partial charge >= 0.3 is 0 Å². The second-order valence-electron chi connectivity index (χ2n) is 2.88. The third kappa shape index (κ3) is 2.05. The maximum Gasteiger partial charge on any atom is 0.179 e. The third-order valence-corrected chi connectivity index (χ3v) is 2.95. The molecule has 0 heterocycles. The van der Waals surface area contributed by atoms with Gasteiger partial charge in [-0.3, -0.25) is 0 Å². The number of methoxy groups -OCH3 is 1. The van der Waals surface area contributed by atoms with Gasteiger partial charge in [-0.25, -0.2) is 8.42 Å². The first-order chi connectivity index (χ1) is 6.50. The maximum absolute atomic E-state index is 11.3. The van der Waals surface area contributed by atoms with Crippen molar-refractivity contribution < 1.29 is 18.3 Å². The topological polar surface area (TPSA) is 63.6 Å². The molecule has 78 valence electrons. The Hall–Kier alpha value is -1.07. The van der Waals surface area contributed by atoms with Crippen molar-refractivity contribution in [3.8, 4) is 5.75 Å². The van der Waals surface area contributed by atoms with Crippen molar-refractivity contribution >= 4 is 9.84 Å². The minimum absolute atomic E-state index is 0.103. The van der Waals surface area contributed by atoms with Gasteiger partial charge in [-0.15, -0.1) is 0 Å². The second-order valence-corrected chi connectivity index (χ2v) is 4.86. The van der Waals surface area contributed by atoms with Crippen LogP contribution in [-0.2, 0) is 16.4 Å². The van der Waals surface area contributed by atoms with Crippen molar-refractivity contribution in [2.45, 2.75) is 11.5 Å². The normalized spacial score (nSPS) is 11.4. The number of aliphatic hydroxyl groups is 1. The molecule has 0 radical (unpaired) electrons. The van der Waals surface area contributed by atoms with Crippen LogP contribution in [-0.4, -0.2) is 26.9 Å². The van der Waals surface area contributed by atoms with Crippen LogP contribution >= 0.6 is 0 Å². The zero-order chi connectivity index (χ0) is 10.8. The van der Waals surface area contributed by atoms with Crippen LogP contribution < -0.4 is 4.74 Å². The molecule has 0 atom stereocenters. The zero-order valence-electron chi connectivity index (χ0n) is 8.02. The standard InChI is InChI=1S/C9H12O4S/c1-13-9-7(6-10)4-3-5-8(9)14(2,11)12/h3-5,10H,6H2,1-2H3. The predicted molar refractivity (Wildman–Crippen MR) is 52.0 cm³/mol. The lowest BCUT2D eigenvalue weighted by atomic mass is 10.2. The van der Waals surface area contributed by atoms with E-state index in [0.29, 0.717) is 5.56 Å². The summed E-state index contributed by atoms with van der Waals surface area (Å²) >= 11 is 0. The molecule has 0 saturated carbocycles. The summed E-state index contributed by atoms with van der Waals surface area (Å²) in [5.41, 5.74) is 0.468. The van der Waals surface area contributed by atoms with Crippen molar-refractivity contribution in [1.82, 2.24) is 0 Å². The van der Waals surface area contributed by atoms with Crippen molar-refractivity contribution in [1.29, 1.82) is 0 Å². The monoisotopic (exact) mass is 216 g/mol. The molecule has 0 aliphatic carbocycles. The fraction of sp³-hybridized carbons (Fsp3) is 0.333. The summed E-state index contributed by atoms with van der Waals surface area (Å²) < 4.78 is 27.6. The number of hydrogen-bond donors (Lipinski definition) is 1. The first-order valence-electron chi connectivity index (χ1n) is 3.97. The quantitative estimate of drug-likeness (QED) is 0.803. The molecule has 14 heavy (non-hydrogen) atoms. The van der Waals surface area contributed by atoms with Crippen LogP contribution in [0.25, 0.3) is 0 Å².